The highest BCUT2D eigenvalue weighted by atomic mass is 32.2. The van der Waals surface area contributed by atoms with Crippen LogP contribution in [0.2, 0.25) is 0 Å². The molecule has 2 aromatic carbocycles. The minimum Gasteiger partial charge on any atom is -0.493 e. The first-order valence-electron chi connectivity index (χ1n) is 9.76. The largest absolute Gasteiger partial charge is 0.493 e. The molecular formula is C22H26FN3O3S. The number of hydrogen-bond donors (Lipinski definition) is 0. The molecule has 30 heavy (non-hydrogen) atoms. The summed E-state index contributed by atoms with van der Waals surface area (Å²) in [6.45, 7) is 5.00. The number of rotatable bonds is 8. The zero-order chi connectivity index (χ0) is 21.7. The maximum atomic E-state index is 13.7. The Labute approximate surface area is 177 Å². The zero-order valence-electron chi connectivity index (χ0n) is 17.4. The van der Waals surface area contributed by atoms with E-state index in [4.69, 9.17) is 4.74 Å². The fourth-order valence-electron chi connectivity index (χ4n) is 2.98. The maximum absolute atomic E-state index is 13.7. The van der Waals surface area contributed by atoms with Gasteiger partial charge in [0.1, 0.15) is 18.2 Å². The van der Waals surface area contributed by atoms with Crippen LogP contribution in [0.25, 0.3) is 0 Å². The van der Waals surface area contributed by atoms with Gasteiger partial charge in [-0.15, -0.1) is 0 Å². The van der Waals surface area contributed by atoms with Gasteiger partial charge < -0.3 is 9.64 Å². The van der Waals surface area contributed by atoms with Crippen molar-refractivity contribution in [3.63, 3.8) is 0 Å². The third kappa shape index (κ3) is 6.13. The molecule has 0 aromatic heterocycles. The summed E-state index contributed by atoms with van der Waals surface area (Å²) in [5.41, 5.74) is 2.15. The van der Waals surface area contributed by atoms with Gasteiger partial charge in [0, 0.05) is 18.0 Å². The molecule has 160 valence electrons. The molecule has 0 spiro atoms. The van der Waals surface area contributed by atoms with E-state index in [1.165, 1.54) is 18.4 Å². The number of sulfone groups is 1. The Hall–Kier alpha value is -2.74. The molecule has 0 aliphatic carbocycles. The van der Waals surface area contributed by atoms with Crippen LogP contribution in [-0.4, -0.2) is 40.1 Å². The van der Waals surface area contributed by atoms with Crippen LogP contribution in [0.15, 0.2) is 52.4 Å². The Morgan fingerprint density at radius 3 is 2.67 bits per heavy atom. The van der Waals surface area contributed by atoms with E-state index in [0.29, 0.717) is 41.9 Å². The molecule has 0 amide bonds. The summed E-state index contributed by atoms with van der Waals surface area (Å²) in [4.78, 5) is 10.8. The van der Waals surface area contributed by atoms with Crippen molar-refractivity contribution in [1.29, 1.82) is 0 Å². The van der Waals surface area contributed by atoms with E-state index in [9.17, 15) is 12.8 Å². The van der Waals surface area contributed by atoms with E-state index in [-0.39, 0.29) is 11.6 Å². The van der Waals surface area contributed by atoms with Crippen molar-refractivity contribution in [2.45, 2.75) is 26.0 Å². The van der Waals surface area contributed by atoms with E-state index >= 15 is 0 Å². The lowest BCUT2D eigenvalue weighted by atomic mass is 10.1. The van der Waals surface area contributed by atoms with Gasteiger partial charge in [-0.3, -0.25) is 0 Å². The number of benzene rings is 2. The average Bonchev–Trinajstić information content (AvgIpc) is 2.67. The molecule has 2 aromatic rings. The van der Waals surface area contributed by atoms with Crippen LogP contribution in [-0.2, 0) is 15.6 Å². The quantitative estimate of drug-likeness (QED) is 0.632. The number of nitrogens with zero attached hydrogens (tertiary/aromatic N) is 3. The van der Waals surface area contributed by atoms with Crippen molar-refractivity contribution in [2.24, 2.45) is 15.9 Å². The Morgan fingerprint density at radius 2 is 2.00 bits per heavy atom. The minimum atomic E-state index is -3.12. The first-order valence-corrected chi connectivity index (χ1v) is 11.8. The molecule has 1 aliphatic heterocycles. The monoisotopic (exact) mass is 431 g/mol. The van der Waals surface area contributed by atoms with E-state index < -0.39 is 9.84 Å². The second-order valence-corrected chi connectivity index (χ2v) is 9.89. The van der Waals surface area contributed by atoms with Crippen molar-refractivity contribution in [3.05, 3.63) is 59.4 Å². The summed E-state index contributed by atoms with van der Waals surface area (Å²) in [5.74, 6) is 0.989. The highest BCUT2D eigenvalue weighted by molar-refractivity contribution is 7.89. The minimum absolute atomic E-state index is 0.0208. The predicted octanol–water partition coefficient (Wildman–Crippen LogP) is 4.05. The van der Waals surface area contributed by atoms with Crippen LogP contribution in [0, 0.1) is 11.7 Å². The fourth-order valence-corrected chi connectivity index (χ4v) is 3.77. The summed E-state index contributed by atoms with van der Waals surface area (Å²) >= 11 is 0. The van der Waals surface area contributed by atoms with Gasteiger partial charge in [-0.1, -0.05) is 26.0 Å². The fraction of sp³-hybridized carbons (Fsp3) is 0.364. The molecule has 0 unspecified atom stereocenters. The molecular weight excluding hydrogens is 405 g/mol. The number of amidine groups is 1. The molecule has 0 saturated carbocycles. The Balaban J connectivity index is 1.75. The summed E-state index contributed by atoms with van der Waals surface area (Å²) in [7, 11) is -3.12. The van der Waals surface area contributed by atoms with Gasteiger partial charge in [0.2, 0.25) is 0 Å². The summed E-state index contributed by atoms with van der Waals surface area (Å²) in [5, 5.41) is 0. The van der Waals surface area contributed by atoms with Gasteiger partial charge in [0.25, 0.3) is 0 Å². The topological polar surface area (TPSA) is 71.3 Å². The lowest BCUT2D eigenvalue weighted by molar-refractivity contribution is 0.288. The molecule has 0 atom stereocenters. The molecule has 6 nitrogen and oxygen atoms in total. The number of ether oxygens (including phenoxy) is 1. The molecule has 1 aliphatic rings. The van der Waals surface area contributed by atoms with Crippen molar-refractivity contribution < 1.29 is 17.5 Å². The van der Waals surface area contributed by atoms with E-state index in [2.05, 4.69) is 23.8 Å². The third-order valence-electron chi connectivity index (χ3n) is 4.50. The molecule has 1 heterocycles. The number of halogens is 1. The molecule has 0 bridgehead atoms. The van der Waals surface area contributed by atoms with E-state index in [1.807, 2.05) is 23.1 Å². The second-order valence-electron chi connectivity index (χ2n) is 7.75. The first-order chi connectivity index (χ1) is 14.2. The van der Waals surface area contributed by atoms with Gasteiger partial charge in [-0.2, -0.15) is 0 Å². The molecule has 8 heteroatoms. The van der Waals surface area contributed by atoms with E-state index in [0.717, 1.165) is 12.1 Å². The SMILES string of the molecule is CC(C)CCOc1cc(F)ccc1C1=NCN(c2cccc(CS(C)(=O)=O)c2)C=N1. The van der Waals surface area contributed by atoms with Crippen LogP contribution >= 0.6 is 0 Å². The van der Waals surface area contributed by atoms with Crippen LogP contribution < -0.4 is 9.64 Å². The highest BCUT2D eigenvalue weighted by Gasteiger charge is 2.16. The van der Waals surface area contributed by atoms with Crippen LogP contribution in [0.5, 0.6) is 5.75 Å². The highest BCUT2D eigenvalue weighted by Crippen LogP contribution is 2.24. The lowest BCUT2D eigenvalue weighted by Crippen LogP contribution is -2.27. The Kier molecular flexibility index (Phi) is 6.87. The van der Waals surface area contributed by atoms with Gasteiger partial charge in [-0.05, 0) is 42.2 Å². The standard InChI is InChI=1S/C22H26FN3O3S/c1-16(2)9-10-29-21-12-18(23)7-8-20(21)22-24-14-26(15-25-22)19-6-4-5-17(11-19)13-30(3,27)28/h4-8,11-12,14,16H,9-10,13,15H2,1-3H3. The average molecular weight is 432 g/mol. The molecule has 3 rings (SSSR count). The Bertz CT molecular complexity index is 1070. The van der Waals surface area contributed by atoms with Crippen molar-refractivity contribution >= 4 is 27.7 Å². The Morgan fingerprint density at radius 1 is 1.20 bits per heavy atom. The smallest absolute Gasteiger partial charge is 0.161 e. The summed E-state index contributed by atoms with van der Waals surface area (Å²) in [6, 6.07) is 11.6. The van der Waals surface area contributed by atoms with Crippen molar-refractivity contribution in [2.75, 3.05) is 24.4 Å². The van der Waals surface area contributed by atoms with E-state index in [1.54, 1.807) is 18.5 Å². The molecule has 0 radical (unpaired) electrons. The first kappa shape index (κ1) is 22.0. The van der Waals surface area contributed by atoms with Gasteiger partial charge >= 0.3 is 0 Å². The van der Waals surface area contributed by atoms with Crippen LogP contribution in [0.3, 0.4) is 0 Å². The van der Waals surface area contributed by atoms with Gasteiger partial charge in [-0.25, -0.2) is 22.8 Å². The lowest BCUT2D eigenvalue weighted by Gasteiger charge is -2.22. The zero-order valence-corrected chi connectivity index (χ0v) is 18.2. The summed E-state index contributed by atoms with van der Waals surface area (Å²) in [6.07, 6.45) is 3.72. The van der Waals surface area contributed by atoms with Gasteiger partial charge in [0.05, 0.1) is 24.3 Å². The summed E-state index contributed by atoms with van der Waals surface area (Å²) < 4.78 is 42.6. The van der Waals surface area contributed by atoms with Crippen LogP contribution in [0.1, 0.15) is 31.4 Å². The number of anilines is 1. The molecule has 0 N–H and O–H groups in total. The van der Waals surface area contributed by atoms with Gasteiger partial charge in [0.15, 0.2) is 15.7 Å². The van der Waals surface area contributed by atoms with Crippen molar-refractivity contribution in [3.8, 4) is 5.75 Å². The molecule has 0 saturated heterocycles. The third-order valence-corrected chi connectivity index (χ3v) is 5.36. The second kappa shape index (κ2) is 9.38. The normalized spacial score (nSPS) is 14.2. The number of hydrogen-bond acceptors (Lipinski definition) is 6. The van der Waals surface area contributed by atoms with Crippen molar-refractivity contribution in [1.82, 2.24) is 0 Å². The van der Waals surface area contributed by atoms with Crippen LogP contribution in [0.4, 0.5) is 10.1 Å². The molecule has 0 fully saturated rings. The predicted molar refractivity (Wildman–Crippen MR) is 119 cm³/mol. The maximum Gasteiger partial charge on any atom is 0.161 e. The number of aliphatic imine (C=N–C) groups is 2.